The Balaban J connectivity index is 3.90. The van der Waals surface area contributed by atoms with Crippen LogP contribution in [0.3, 0.4) is 0 Å². The maximum atomic E-state index is 2.35. The zero-order valence-corrected chi connectivity index (χ0v) is 10.3. The largest absolute Gasteiger partial charge is 0.0882 e. The van der Waals surface area contributed by atoms with Crippen LogP contribution >= 0.6 is 0 Å². The summed E-state index contributed by atoms with van der Waals surface area (Å²) in [5, 5.41) is 0. The fraction of sp³-hybridized carbons (Fsp3) is 0.846. The maximum Gasteiger partial charge on any atom is -0.0148 e. The molecule has 0 heterocycles. The molecule has 13 heavy (non-hydrogen) atoms. The van der Waals surface area contributed by atoms with Crippen LogP contribution in [-0.2, 0) is 0 Å². The Hall–Kier alpha value is -0.260. The van der Waals surface area contributed by atoms with Crippen LogP contribution in [0.15, 0.2) is 11.6 Å². The first kappa shape index (κ1) is 12.7. The van der Waals surface area contributed by atoms with Gasteiger partial charge in [-0.2, -0.15) is 0 Å². The molecule has 0 aliphatic heterocycles. The van der Waals surface area contributed by atoms with Crippen LogP contribution in [-0.4, -0.2) is 0 Å². The molecule has 0 saturated carbocycles. The van der Waals surface area contributed by atoms with Crippen molar-refractivity contribution in [2.24, 2.45) is 11.3 Å². The van der Waals surface area contributed by atoms with Crippen molar-refractivity contribution < 1.29 is 0 Å². The minimum Gasteiger partial charge on any atom is -0.0882 e. The van der Waals surface area contributed by atoms with Crippen molar-refractivity contribution in [1.29, 1.82) is 0 Å². The molecule has 0 heteroatoms. The van der Waals surface area contributed by atoms with Gasteiger partial charge in [-0.25, -0.2) is 0 Å². The lowest BCUT2D eigenvalue weighted by molar-refractivity contribution is 0.371. The summed E-state index contributed by atoms with van der Waals surface area (Å²) in [4.78, 5) is 0. The fourth-order valence-electron chi connectivity index (χ4n) is 1.54. The SMILES string of the molecule is CC=C(C)C(C)(C)CCCC(C)C. The van der Waals surface area contributed by atoms with Crippen LogP contribution in [0.2, 0.25) is 0 Å². The summed E-state index contributed by atoms with van der Waals surface area (Å²) in [5.41, 5.74) is 1.93. The van der Waals surface area contributed by atoms with Crippen molar-refractivity contribution in [3.8, 4) is 0 Å². The van der Waals surface area contributed by atoms with Crippen LogP contribution in [0.5, 0.6) is 0 Å². The van der Waals surface area contributed by atoms with E-state index < -0.39 is 0 Å². The van der Waals surface area contributed by atoms with Gasteiger partial charge < -0.3 is 0 Å². The summed E-state index contributed by atoms with van der Waals surface area (Å²) in [6, 6.07) is 0. The fourth-order valence-corrected chi connectivity index (χ4v) is 1.54. The van der Waals surface area contributed by atoms with E-state index in [-0.39, 0.29) is 0 Å². The Labute approximate surface area is 84.4 Å². The van der Waals surface area contributed by atoms with Crippen LogP contribution in [0.25, 0.3) is 0 Å². The van der Waals surface area contributed by atoms with Crippen LogP contribution in [0.4, 0.5) is 0 Å². The van der Waals surface area contributed by atoms with Gasteiger partial charge in [0.2, 0.25) is 0 Å². The predicted molar refractivity (Wildman–Crippen MR) is 61.9 cm³/mol. The lowest BCUT2D eigenvalue weighted by Crippen LogP contribution is -2.13. The molecule has 0 aromatic carbocycles. The molecule has 0 aliphatic rings. The lowest BCUT2D eigenvalue weighted by atomic mass is 9.80. The molecule has 0 fully saturated rings. The van der Waals surface area contributed by atoms with E-state index in [2.05, 4.69) is 47.6 Å². The number of allylic oxidation sites excluding steroid dienone is 2. The van der Waals surface area contributed by atoms with Crippen molar-refractivity contribution in [3.05, 3.63) is 11.6 Å². The molecule has 0 atom stereocenters. The van der Waals surface area contributed by atoms with E-state index in [0.717, 1.165) is 5.92 Å². The van der Waals surface area contributed by atoms with E-state index in [1.54, 1.807) is 0 Å². The zero-order valence-electron chi connectivity index (χ0n) is 10.3. The van der Waals surface area contributed by atoms with Gasteiger partial charge in [0.25, 0.3) is 0 Å². The maximum absolute atomic E-state index is 2.35. The Morgan fingerprint density at radius 3 is 2.23 bits per heavy atom. The zero-order chi connectivity index (χ0) is 10.5. The van der Waals surface area contributed by atoms with Gasteiger partial charge in [0.05, 0.1) is 0 Å². The molecule has 0 amide bonds. The first-order valence-corrected chi connectivity index (χ1v) is 5.53. The summed E-state index contributed by atoms with van der Waals surface area (Å²) in [7, 11) is 0. The molecule has 0 spiro atoms. The molecular weight excluding hydrogens is 156 g/mol. The minimum atomic E-state index is 0.406. The number of rotatable bonds is 5. The molecule has 0 N–H and O–H groups in total. The molecule has 0 radical (unpaired) electrons. The molecular formula is C13H26. The van der Waals surface area contributed by atoms with E-state index >= 15 is 0 Å². The molecule has 0 bridgehead atoms. The normalized spacial score (nSPS) is 13.9. The highest BCUT2D eigenvalue weighted by molar-refractivity contribution is 5.07. The van der Waals surface area contributed by atoms with E-state index in [1.165, 1.54) is 24.8 Å². The minimum absolute atomic E-state index is 0.406. The number of hydrogen-bond acceptors (Lipinski definition) is 0. The van der Waals surface area contributed by atoms with E-state index in [4.69, 9.17) is 0 Å². The molecule has 0 aliphatic carbocycles. The lowest BCUT2D eigenvalue weighted by Gasteiger charge is -2.26. The predicted octanol–water partition coefficient (Wildman–Crippen LogP) is 4.81. The van der Waals surface area contributed by atoms with Gasteiger partial charge in [0, 0.05) is 0 Å². The van der Waals surface area contributed by atoms with Crippen LogP contribution in [0, 0.1) is 11.3 Å². The first-order chi connectivity index (χ1) is 5.90. The van der Waals surface area contributed by atoms with Crippen LogP contribution in [0.1, 0.15) is 60.8 Å². The smallest absolute Gasteiger partial charge is 0.0148 e. The van der Waals surface area contributed by atoms with Gasteiger partial charge >= 0.3 is 0 Å². The van der Waals surface area contributed by atoms with E-state index in [9.17, 15) is 0 Å². The quantitative estimate of drug-likeness (QED) is 0.535. The molecule has 0 saturated heterocycles. The van der Waals surface area contributed by atoms with Gasteiger partial charge in [0.1, 0.15) is 0 Å². The second-order valence-corrected chi connectivity index (χ2v) is 5.14. The highest BCUT2D eigenvalue weighted by atomic mass is 14.2. The Morgan fingerprint density at radius 1 is 1.31 bits per heavy atom. The highest BCUT2D eigenvalue weighted by Crippen LogP contribution is 2.32. The third kappa shape index (κ3) is 5.13. The van der Waals surface area contributed by atoms with Gasteiger partial charge in [0.15, 0.2) is 0 Å². The van der Waals surface area contributed by atoms with E-state index in [0.29, 0.717) is 5.41 Å². The summed E-state index contributed by atoms with van der Waals surface area (Å²) in [6.07, 6.45) is 6.28. The van der Waals surface area contributed by atoms with Gasteiger partial charge in [-0.05, 0) is 31.6 Å². The standard InChI is InChI=1S/C13H26/c1-7-12(4)13(5,6)10-8-9-11(2)3/h7,11H,8-10H2,1-6H3. The average Bonchev–Trinajstić information content (AvgIpc) is 2.01. The van der Waals surface area contributed by atoms with Crippen molar-refractivity contribution in [1.82, 2.24) is 0 Å². The van der Waals surface area contributed by atoms with Gasteiger partial charge in [-0.15, -0.1) is 0 Å². The second kappa shape index (κ2) is 5.47. The Bertz CT molecular complexity index is 161. The molecule has 0 rings (SSSR count). The monoisotopic (exact) mass is 182 g/mol. The Kier molecular flexibility index (Phi) is 5.36. The van der Waals surface area contributed by atoms with E-state index in [1.807, 2.05) is 0 Å². The summed E-state index contributed by atoms with van der Waals surface area (Å²) >= 11 is 0. The van der Waals surface area contributed by atoms with Crippen LogP contribution < -0.4 is 0 Å². The molecule has 0 unspecified atom stereocenters. The third-order valence-corrected chi connectivity index (χ3v) is 3.08. The van der Waals surface area contributed by atoms with Crippen molar-refractivity contribution >= 4 is 0 Å². The molecule has 78 valence electrons. The molecule has 0 aromatic rings. The molecule has 0 aromatic heterocycles. The topological polar surface area (TPSA) is 0 Å². The summed E-state index contributed by atoms with van der Waals surface area (Å²) < 4.78 is 0. The number of hydrogen-bond donors (Lipinski definition) is 0. The van der Waals surface area contributed by atoms with Crippen molar-refractivity contribution in [2.45, 2.75) is 60.8 Å². The second-order valence-electron chi connectivity index (χ2n) is 5.14. The molecule has 0 nitrogen and oxygen atoms in total. The highest BCUT2D eigenvalue weighted by Gasteiger charge is 2.18. The summed E-state index contributed by atoms with van der Waals surface area (Å²) in [6.45, 7) is 13.7. The average molecular weight is 182 g/mol. The van der Waals surface area contributed by atoms with Gasteiger partial charge in [-0.1, -0.05) is 52.2 Å². The van der Waals surface area contributed by atoms with Crippen molar-refractivity contribution in [2.75, 3.05) is 0 Å². The summed E-state index contributed by atoms with van der Waals surface area (Å²) in [5.74, 6) is 0.849. The third-order valence-electron chi connectivity index (χ3n) is 3.08. The van der Waals surface area contributed by atoms with Gasteiger partial charge in [-0.3, -0.25) is 0 Å². The first-order valence-electron chi connectivity index (χ1n) is 5.53. The Morgan fingerprint density at radius 2 is 1.85 bits per heavy atom. The van der Waals surface area contributed by atoms with Crippen molar-refractivity contribution in [3.63, 3.8) is 0 Å².